The lowest BCUT2D eigenvalue weighted by atomic mass is 9.94. The molecule has 2 aromatic rings. The molecular formula is C19H20. The van der Waals surface area contributed by atoms with Crippen LogP contribution in [0.4, 0.5) is 0 Å². The number of hydrogen-bond donors (Lipinski definition) is 0. The van der Waals surface area contributed by atoms with Gasteiger partial charge in [-0.25, -0.2) is 0 Å². The normalized spacial score (nSPS) is 11.4. The quantitative estimate of drug-likeness (QED) is 0.667. The van der Waals surface area contributed by atoms with E-state index in [2.05, 4.69) is 61.2 Å². The van der Waals surface area contributed by atoms with E-state index in [-0.39, 0.29) is 0 Å². The molecule has 0 nitrogen and oxygen atoms in total. The SMILES string of the molecule is CCCC[C@@H](C#Cc1ccccc1)c1ccccc1. The largest absolute Gasteiger partial charge is 0.0897 e. The molecule has 0 fully saturated rings. The Morgan fingerprint density at radius 1 is 0.895 bits per heavy atom. The second kappa shape index (κ2) is 7.44. The molecule has 2 rings (SSSR count). The molecule has 96 valence electrons. The lowest BCUT2D eigenvalue weighted by Gasteiger charge is -2.10. The van der Waals surface area contributed by atoms with Crippen LogP contribution in [-0.4, -0.2) is 0 Å². The van der Waals surface area contributed by atoms with Gasteiger partial charge in [0.25, 0.3) is 0 Å². The van der Waals surface area contributed by atoms with Crippen LogP contribution in [0.1, 0.15) is 43.2 Å². The van der Waals surface area contributed by atoms with Crippen molar-refractivity contribution in [2.45, 2.75) is 32.1 Å². The minimum absolute atomic E-state index is 0.348. The Morgan fingerprint density at radius 3 is 2.16 bits per heavy atom. The van der Waals surface area contributed by atoms with Crippen LogP contribution in [0.3, 0.4) is 0 Å². The first-order valence-corrected chi connectivity index (χ1v) is 7.01. The maximum absolute atomic E-state index is 3.44. The van der Waals surface area contributed by atoms with Crippen LogP contribution in [-0.2, 0) is 0 Å². The number of rotatable bonds is 4. The molecule has 0 heteroatoms. The molecule has 0 saturated carbocycles. The summed E-state index contributed by atoms with van der Waals surface area (Å²) in [5.74, 6) is 7.09. The van der Waals surface area contributed by atoms with Crippen molar-refractivity contribution < 1.29 is 0 Å². The van der Waals surface area contributed by atoms with Gasteiger partial charge in [0, 0.05) is 11.5 Å². The molecule has 0 unspecified atom stereocenters. The Balaban J connectivity index is 2.17. The smallest absolute Gasteiger partial charge is 0.0456 e. The van der Waals surface area contributed by atoms with Crippen molar-refractivity contribution in [2.75, 3.05) is 0 Å². The first-order valence-electron chi connectivity index (χ1n) is 7.01. The Bertz CT molecular complexity index is 529. The first kappa shape index (κ1) is 13.4. The molecule has 0 saturated heterocycles. The Kier molecular flexibility index (Phi) is 5.26. The van der Waals surface area contributed by atoms with Gasteiger partial charge in [0.15, 0.2) is 0 Å². The predicted octanol–water partition coefficient (Wildman–Crippen LogP) is 5.01. The topological polar surface area (TPSA) is 0 Å². The van der Waals surface area contributed by atoms with E-state index in [1.165, 1.54) is 18.4 Å². The van der Waals surface area contributed by atoms with Crippen molar-refractivity contribution in [1.82, 2.24) is 0 Å². The lowest BCUT2D eigenvalue weighted by molar-refractivity contribution is 0.676. The maximum atomic E-state index is 3.44. The summed E-state index contributed by atoms with van der Waals surface area (Å²) in [5.41, 5.74) is 2.43. The summed E-state index contributed by atoms with van der Waals surface area (Å²) in [6, 6.07) is 20.8. The van der Waals surface area contributed by atoms with Crippen molar-refractivity contribution in [3.63, 3.8) is 0 Å². The van der Waals surface area contributed by atoms with Gasteiger partial charge in [-0.2, -0.15) is 0 Å². The maximum Gasteiger partial charge on any atom is 0.0456 e. The minimum Gasteiger partial charge on any atom is -0.0897 e. The highest BCUT2D eigenvalue weighted by molar-refractivity contribution is 5.37. The van der Waals surface area contributed by atoms with Gasteiger partial charge in [-0.15, -0.1) is 0 Å². The molecule has 1 atom stereocenters. The monoisotopic (exact) mass is 248 g/mol. The fourth-order valence-electron chi connectivity index (χ4n) is 2.11. The van der Waals surface area contributed by atoms with Gasteiger partial charge in [0.1, 0.15) is 0 Å². The van der Waals surface area contributed by atoms with E-state index in [4.69, 9.17) is 0 Å². The number of hydrogen-bond acceptors (Lipinski definition) is 0. The molecule has 0 radical (unpaired) electrons. The molecule has 19 heavy (non-hydrogen) atoms. The summed E-state index contributed by atoms with van der Waals surface area (Å²) in [6.45, 7) is 2.23. The van der Waals surface area contributed by atoms with E-state index in [1.807, 2.05) is 18.2 Å². The molecule has 2 aromatic carbocycles. The second-order valence-corrected chi connectivity index (χ2v) is 4.74. The molecule has 0 aliphatic heterocycles. The van der Waals surface area contributed by atoms with Crippen molar-refractivity contribution in [1.29, 1.82) is 0 Å². The van der Waals surface area contributed by atoms with Crippen molar-refractivity contribution in [3.05, 3.63) is 71.8 Å². The molecule has 0 N–H and O–H groups in total. The zero-order chi connectivity index (χ0) is 13.3. The summed E-state index contributed by atoms with van der Waals surface area (Å²) in [6.07, 6.45) is 3.58. The standard InChI is InChI=1S/C19H20/c1-2-3-12-19(18-13-8-5-9-14-18)16-15-17-10-6-4-7-11-17/h4-11,13-14,19H,2-3,12H2,1H3/t19-/m0/s1. The average Bonchev–Trinajstić information content (AvgIpc) is 2.49. The van der Waals surface area contributed by atoms with Gasteiger partial charge in [0.05, 0.1) is 0 Å². The van der Waals surface area contributed by atoms with Crippen LogP contribution in [0, 0.1) is 11.8 Å². The van der Waals surface area contributed by atoms with Gasteiger partial charge in [0.2, 0.25) is 0 Å². The first-order chi connectivity index (χ1) is 9.40. The summed E-state index contributed by atoms with van der Waals surface area (Å²) >= 11 is 0. The highest BCUT2D eigenvalue weighted by Crippen LogP contribution is 2.21. The van der Waals surface area contributed by atoms with E-state index in [0.29, 0.717) is 5.92 Å². The third kappa shape index (κ3) is 4.30. The van der Waals surface area contributed by atoms with Crippen LogP contribution >= 0.6 is 0 Å². The third-order valence-corrected chi connectivity index (χ3v) is 3.21. The fourth-order valence-corrected chi connectivity index (χ4v) is 2.11. The van der Waals surface area contributed by atoms with E-state index < -0.39 is 0 Å². The molecule has 0 spiro atoms. The number of unbranched alkanes of at least 4 members (excludes halogenated alkanes) is 1. The van der Waals surface area contributed by atoms with E-state index in [9.17, 15) is 0 Å². The third-order valence-electron chi connectivity index (χ3n) is 3.21. The Morgan fingerprint density at radius 2 is 1.53 bits per heavy atom. The molecule has 0 amide bonds. The molecule has 0 aliphatic carbocycles. The predicted molar refractivity (Wildman–Crippen MR) is 82.0 cm³/mol. The summed E-state index contributed by atoms with van der Waals surface area (Å²) < 4.78 is 0. The zero-order valence-corrected chi connectivity index (χ0v) is 11.5. The van der Waals surface area contributed by atoms with E-state index in [0.717, 1.165) is 12.0 Å². The highest BCUT2D eigenvalue weighted by Gasteiger charge is 2.06. The van der Waals surface area contributed by atoms with Crippen LogP contribution in [0.2, 0.25) is 0 Å². The summed E-state index contributed by atoms with van der Waals surface area (Å²) in [4.78, 5) is 0. The molecule has 0 aromatic heterocycles. The molecule has 0 bridgehead atoms. The summed E-state index contributed by atoms with van der Waals surface area (Å²) in [5, 5.41) is 0. The van der Waals surface area contributed by atoms with Crippen molar-refractivity contribution in [2.24, 2.45) is 0 Å². The summed E-state index contributed by atoms with van der Waals surface area (Å²) in [7, 11) is 0. The zero-order valence-electron chi connectivity index (χ0n) is 11.5. The average molecular weight is 248 g/mol. The highest BCUT2D eigenvalue weighted by atomic mass is 14.1. The van der Waals surface area contributed by atoms with Gasteiger partial charge < -0.3 is 0 Å². The van der Waals surface area contributed by atoms with Crippen molar-refractivity contribution >= 4 is 0 Å². The molecule has 0 aliphatic rings. The molecular weight excluding hydrogens is 228 g/mol. The minimum atomic E-state index is 0.348. The Labute approximate surface area is 116 Å². The fraction of sp³-hybridized carbons (Fsp3) is 0.263. The van der Waals surface area contributed by atoms with Gasteiger partial charge in [-0.05, 0) is 24.1 Å². The van der Waals surface area contributed by atoms with Crippen LogP contribution in [0.15, 0.2) is 60.7 Å². The Hall–Kier alpha value is -2.00. The van der Waals surface area contributed by atoms with Gasteiger partial charge in [-0.3, -0.25) is 0 Å². The number of benzene rings is 2. The molecule has 0 heterocycles. The van der Waals surface area contributed by atoms with E-state index >= 15 is 0 Å². The van der Waals surface area contributed by atoms with Gasteiger partial charge >= 0.3 is 0 Å². The van der Waals surface area contributed by atoms with E-state index in [1.54, 1.807) is 0 Å². The van der Waals surface area contributed by atoms with Gasteiger partial charge in [-0.1, -0.05) is 80.1 Å². The van der Waals surface area contributed by atoms with Crippen LogP contribution < -0.4 is 0 Å². The van der Waals surface area contributed by atoms with Crippen LogP contribution in [0.5, 0.6) is 0 Å². The van der Waals surface area contributed by atoms with Crippen molar-refractivity contribution in [3.8, 4) is 11.8 Å². The second-order valence-electron chi connectivity index (χ2n) is 4.74. The van der Waals surface area contributed by atoms with Crippen LogP contribution in [0.25, 0.3) is 0 Å². The lowest BCUT2D eigenvalue weighted by Crippen LogP contribution is -1.95.